The van der Waals surface area contributed by atoms with Crippen LogP contribution in [-0.4, -0.2) is 80.4 Å². The second-order valence-corrected chi connectivity index (χ2v) is 13.2. The molecule has 5 atom stereocenters. The zero-order valence-corrected chi connectivity index (χ0v) is 26.0. The number of hydrogen-bond acceptors (Lipinski definition) is 8. The van der Waals surface area contributed by atoms with Gasteiger partial charge in [-0.15, -0.1) is 0 Å². The van der Waals surface area contributed by atoms with E-state index in [-0.39, 0.29) is 35.8 Å². The van der Waals surface area contributed by atoms with E-state index in [1.165, 1.54) is 0 Å². The van der Waals surface area contributed by atoms with Crippen molar-refractivity contribution in [1.82, 2.24) is 30.1 Å². The van der Waals surface area contributed by atoms with Crippen molar-refractivity contribution in [3.63, 3.8) is 0 Å². The van der Waals surface area contributed by atoms with E-state index in [1.807, 2.05) is 20.0 Å². The normalized spacial score (nSPS) is 30.5. The molecule has 0 aromatic carbocycles. The van der Waals surface area contributed by atoms with Gasteiger partial charge in [0.2, 0.25) is 11.9 Å². The number of imidazole rings is 1. The molecule has 2 amide bonds. The summed E-state index contributed by atoms with van der Waals surface area (Å²) in [6.45, 7) is 6.26. The number of aryl methyl sites for hydroxylation is 1. The Balaban J connectivity index is 1.30. The van der Waals surface area contributed by atoms with Crippen LogP contribution in [0, 0.1) is 11.8 Å². The number of fused-ring (bicyclic) bond motifs is 1. The molecule has 6 rings (SSSR count). The van der Waals surface area contributed by atoms with E-state index in [1.54, 1.807) is 21.6 Å². The summed E-state index contributed by atoms with van der Waals surface area (Å²) in [5, 5.41) is 9.10. The van der Waals surface area contributed by atoms with Crippen LogP contribution in [0.3, 0.4) is 0 Å². The number of halogens is 1. The zero-order chi connectivity index (χ0) is 30.1. The zero-order valence-electron chi connectivity index (χ0n) is 24.8. The first-order chi connectivity index (χ1) is 20.7. The van der Waals surface area contributed by atoms with Gasteiger partial charge in [-0.25, -0.2) is 19.0 Å². The third-order valence-electron chi connectivity index (χ3n) is 9.12. The Morgan fingerprint density at radius 3 is 2.79 bits per heavy atom. The summed E-state index contributed by atoms with van der Waals surface area (Å²) in [4.78, 5) is 36.2. The van der Waals surface area contributed by atoms with Crippen molar-refractivity contribution >= 4 is 32.7 Å². The maximum atomic E-state index is 14.8. The first-order valence-electron chi connectivity index (χ1n) is 15.5. The van der Waals surface area contributed by atoms with E-state index in [9.17, 15) is 14.0 Å². The molecule has 4 aliphatic rings. The number of rotatable bonds is 8. The minimum Gasteiger partial charge on any atom is -0.381 e. The summed E-state index contributed by atoms with van der Waals surface area (Å²) >= 11 is 0. The first-order valence-corrected chi connectivity index (χ1v) is 16.0. The van der Waals surface area contributed by atoms with Crippen molar-refractivity contribution in [2.75, 3.05) is 25.2 Å². The van der Waals surface area contributed by atoms with E-state index < -0.39 is 17.6 Å². The van der Waals surface area contributed by atoms with Crippen LogP contribution in [0.15, 0.2) is 23.5 Å². The quantitative estimate of drug-likeness (QED) is 0.388. The minimum absolute atomic E-state index is 0.00103. The molecule has 2 saturated heterocycles. The number of nitrogens with one attached hydrogen (secondary N) is 3. The van der Waals surface area contributed by atoms with Gasteiger partial charge < -0.3 is 25.5 Å². The largest absolute Gasteiger partial charge is 0.381 e. The summed E-state index contributed by atoms with van der Waals surface area (Å²) in [6.07, 6.45) is 6.93. The molecular formula is C29H42FN8O4P. The van der Waals surface area contributed by atoms with Crippen LogP contribution >= 0.6 is 9.24 Å². The summed E-state index contributed by atoms with van der Waals surface area (Å²) < 4.78 is 29.8. The summed E-state index contributed by atoms with van der Waals surface area (Å²) in [5.41, 5.74) is 5.62. The highest BCUT2D eigenvalue weighted by Gasteiger charge is 2.40. The number of aliphatic imine (C=N–C) groups is 1. The lowest BCUT2D eigenvalue weighted by Gasteiger charge is -2.36. The van der Waals surface area contributed by atoms with Crippen molar-refractivity contribution in [2.45, 2.75) is 95.0 Å². The van der Waals surface area contributed by atoms with Crippen molar-refractivity contribution in [3.05, 3.63) is 29.8 Å². The Labute approximate surface area is 253 Å². The van der Waals surface area contributed by atoms with Crippen LogP contribution in [-0.2, 0) is 20.8 Å². The van der Waals surface area contributed by atoms with E-state index in [0.29, 0.717) is 75.7 Å². The van der Waals surface area contributed by atoms with Gasteiger partial charge in [-0.3, -0.25) is 14.3 Å². The van der Waals surface area contributed by atoms with Crippen molar-refractivity contribution in [3.8, 4) is 0 Å². The number of ether oxygens (including phenoxy) is 2. The summed E-state index contributed by atoms with van der Waals surface area (Å²) in [7, 11) is 2.35. The van der Waals surface area contributed by atoms with Crippen molar-refractivity contribution in [2.24, 2.45) is 16.8 Å². The van der Waals surface area contributed by atoms with Crippen LogP contribution in [0.25, 0.3) is 0 Å². The molecule has 2 aromatic heterocycles. The highest BCUT2D eigenvalue weighted by molar-refractivity contribution is 7.18. The molecule has 43 heavy (non-hydrogen) atoms. The Bertz CT molecular complexity index is 1350. The van der Waals surface area contributed by atoms with E-state index in [0.717, 1.165) is 18.6 Å². The molecule has 3 aliphatic heterocycles. The molecule has 1 saturated carbocycles. The third kappa shape index (κ3) is 6.63. The third-order valence-corrected chi connectivity index (χ3v) is 9.69. The number of morpholine rings is 1. The lowest BCUT2D eigenvalue weighted by Crippen LogP contribution is -2.52. The monoisotopic (exact) mass is 616 g/mol. The first kappa shape index (κ1) is 30.1. The molecule has 234 valence electrons. The van der Waals surface area contributed by atoms with Crippen LogP contribution < -0.4 is 16.1 Å². The summed E-state index contributed by atoms with van der Waals surface area (Å²) in [6, 6.07) is 1.01. The fourth-order valence-electron chi connectivity index (χ4n) is 6.69. The fourth-order valence-corrected chi connectivity index (χ4v) is 7.02. The second kappa shape index (κ2) is 12.6. The number of carbonyl (C=O) groups is 2. The minimum atomic E-state index is -1.29. The number of hydrogen-bond donors (Lipinski definition) is 3. The molecule has 2 aromatic rings. The molecule has 5 heterocycles. The number of aromatic nitrogens is 4. The molecule has 3 N–H and O–H groups in total. The summed E-state index contributed by atoms with van der Waals surface area (Å²) in [5.74, 6) is 0.318. The predicted molar refractivity (Wildman–Crippen MR) is 162 cm³/mol. The van der Waals surface area contributed by atoms with Crippen molar-refractivity contribution < 1.29 is 23.5 Å². The van der Waals surface area contributed by atoms with E-state index in [4.69, 9.17) is 19.5 Å². The van der Waals surface area contributed by atoms with Gasteiger partial charge in [-0.2, -0.15) is 5.10 Å². The fraction of sp³-hybridized carbons (Fsp3) is 0.690. The maximum Gasteiger partial charge on any atom is 0.270 e. The van der Waals surface area contributed by atoms with Crippen LogP contribution in [0.4, 0.5) is 10.3 Å². The standard InChI is InChI=1S/C29H42FN8O4P/c1-3-37-22(6-11-32-37)26(39)34-25(18-4-9-29(30,43)10-5-18)21-16-38-28(33-21)35-24(19-7-12-41-13-8-19)20(36-38)14-23-27(40)31-15-17(2)42-23/h6,11,16-20,23,25,36H,3-5,7-10,12-15,43H2,1-2H3,(H,31,40)(H,34,39). The molecule has 0 bridgehead atoms. The van der Waals surface area contributed by atoms with E-state index >= 15 is 0 Å². The molecule has 0 spiro atoms. The Hall–Kier alpha value is -2.89. The van der Waals surface area contributed by atoms with Crippen LogP contribution in [0.1, 0.15) is 81.0 Å². The highest BCUT2D eigenvalue weighted by Crippen LogP contribution is 2.44. The topological polar surface area (TPSA) is 137 Å². The lowest BCUT2D eigenvalue weighted by molar-refractivity contribution is -0.143. The Morgan fingerprint density at radius 1 is 1.28 bits per heavy atom. The average Bonchev–Trinajstić information content (AvgIpc) is 3.65. The Kier molecular flexibility index (Phi) is 8.84. The number of carbonyl (C=O) groups excluding carboxylic acids is 2. The average molecular weight is 617 g/mol. The molecule has 5 unspecified atom stereocenters. The van der Waals surface area contributed by atoms with Crippen LogP contribution in [0.2, 0.25) is 0 Å². The van der Waals surface area contributed by atoms with Gasteiger partial charge in [-0.05, 0) is 64.4 Å². The lowest BCUT2D eigenvalue weighted by atomic mass is 9.81. The van der Waals surface area contributed by atoms with Gasteiger partial charge in [0.1, 0.15) is 17.2 Å². The van der Waals surface area contributed by atoms with Gasteiger partial charge in [0.15, 0.2) is 0 Å². The number of nitrogens with zero attached hydrogens (tertiary/aromatic N) is 5. The number of alkyl halides is 1. The Morgan fingerprint density at radius 2 is 2.05 bits per heavy atom. The van der Waals surface area contributed by atoms with Crippen molar-refractivity contribution in [1.29, 1.82) is 0 Å². The second-order valence-electron chi connectivity index (χ2n) is 12.2. The predicted octanol–water partition coefficient (Wildman–Crippen LogP) is 3.02. The van der Waals surface area contributed by atoms with Gasteiger partial charge in [0.05, 0.1) is 30.1 Å². The molecule has 3 fully saturated rings. The molecule has 12 nitrogen and oxygen atoms in total. The van der Waals surface area contributed by atoms with E-state index in [2.05, 4.69) is 30.4 Å². The van der Waals surface area contributed by atoms with Gasteiger partial charge >= 0.3 is 0 Å². The van der Waals surface area contributed by atoms with Gasteiger partial charge in [0, 0.05) is 50.6 Å². The molecule has 0 radical (unpaired) electrons. The molecule has 1 aliphatic carbocycles. The SMILES string of the molecule is CCn1nccc1C(=O)NC(c1cn2c(n1)N=C(C1CCOCC1)C(CC1OC(C)CNC1=O)N2)C1CCC(F)(P)CC1. The van der Waals surface area contributed by atoms with Gasteiger partial charge in [-0.1, -0.05) is 9.24 Å². The maximum absolute atomic E-state index is 14.8. The molecule has 14 heteroatoms. The highest BCUT2D eigenvalue weighted by atomic mass is 31.0. The molecular weight excluding hydrogens is 574 g/mol. The smallest absolute Gasteiger partial charge is 0.270 e. The number of amides is 2. The van der Waals surface area contributed by atoms with Crippen LogP contribution in [0.5, 0.6) is 0 Å². The van der Waals surface area contributed by atoms with Gasteiger partial charge in [0.25, 0.3) is 5.91 Å².